The first kappa shape index (κ1) is 23.5. The average Bonchev–Trinajstić information content (AvgIpc) is 3.20. The second kappa shape index (κ2) is 10.9. The quantitative estimate of drug-likeness (QED) is 0.555. The lowest BCUT2D eigenvalue weighted by atomic mass is 10.00. The van der Waals surface area contributed by atoms with Gasteiger partial charge in [0.1, 0.15) is 17.3 Å². The Morgan fingerprint density at radius 2 is 2.00 bits per heavy atom. The Bertz CT molecular complexity index is 973. The second-order valence-electron chi connectivity index (χ2n) is 8.09. The zero-order chi connectivity index (χ0) is 22.3. The van der Waals surface area contributed by atoms with Gasteiger partial charge < -0.3 is 14.6 Å². The maximum absolute atomic E-state index is 13.7. The van der Waals surface area contributed by atoms with Crippen LogP contribution in [0.4, 0.5) is 4.39 Å². The van der Waals surface area contributed by atoms with Gasteiger partial charge in [0.05, 0.1) is 5.75 Å². The van der Waals surface area contributed by atoms with Gasteiger partial charge in [-0.3, -0.25) is 4.79 Å². The Hall–Kier alpha value is -2.19. The molecule has 1 atom stereocenters. The number of amides is 1. The van der Waals surface area contributed by atoms with Crippen molar-refractivity contribution in [3.05, 3.63) is 59.3 Å². The lowest BCUT2D eigenvalue weighted by Crippen LogP contribution is -2.40. The lowest BCUT2D eigenvalue weighted by molar-refractivity contribution is 0.0918. The first-order valence-corrected chi connectivity index (χ1v) is 12.7. The number of benzene rings is 1. The van der Waals surface area contributed by atoms with E-state index in [4.69, 9.17) is 4.42 Å². The smallest absolute Gasteiger partial charge is 0.286 e. The van der Waals surface area contributed by atoms with Crippen molar-refractivity contribution < 1.29 is 22.0 Å². The molecule has 1 aromatic heterocycles. The molecule has 6 nitrogen and oxygen atoms in total. The molecule has 1 N–H and O–H groups in total. The summed E-state index contributed by atoms with van der Waals surface area (Å²) in [5.41, 5.74) is 0.117. The number of sulfone groups is 1. The standard InChI is InChI=1S/C23H31FN2O4S/c1-2-19-9-5-6-14-26(19)15-7-13-25-23(27)22-12-11-20(30-22)17-31(28,29)16-18-8-3-4-10-21(18)24/h3-4,8,10-12,19H,2,5-7,9,13-17H2,1H3,(H,25,27)/t19-/m1/s1. The molecule has 1 aliphatic heterocycles. The van der Waals surface area contributed by atoms with Gasteiger partial charge in [0.2, 0.25) is 0 Å². The Kier molecular flexibility index (Phi) is 8.26. The normalized spacial score (nSPS) is 17.5. The van der Waals surface area contributed by atoms with E-state index in [1.807, 2.05) is 0 Å². The zero-order valence-electron chi connectivity index (χ0n) is 18.0. The fourth-order valence-electron chi connectivity index (χ4n) is 4.09. The monoisotopic (exact) mass is 450 g/mol. The number of halogens is 1. The third-order valence-corrected chi connectivity index (χ3v) is 7.18. The molecule has 31 heavy (non-hydrogen) atoms. The van der Waals surface area contributed by atoms with Crippen LogP contribution in [0.15, 0.2) is 40.8 Å². The molecule has 1 fully saturated rings. The third kappa shape index (κ3) is 6.90. The second-order valence-corrected chi connectivity index (χ2v) is 10.2. The molecule has 1 aromatic carbocycles. The molecule has 2 heterocycles. The molecule has 3 rings (SSSR count). The van der Waals surface area contributed by atoms with Crippen LogP contribution in [0.3, 0.4) is 0 Å². The average molecular weight is 451 g/mol. The van der Waals surface area contributed by atoms with Crippen LogP contribution < -0.4 is 5.32 Å². The first-order chi connectivity index (χ1) is 14.9. The topological polar surface area (TPSA) is 79.6 Å². The number of carbonyl (C=O) groups excluding carboxylic acids is 1. The van der Waals surface area contributed by atoms with Crippen molar-refractivity contribution >= 4 is 15.7 Å². The fourth-order valence-corrected chi connectivity index (χ4v) is 5.48. The van der Waals surface area contributed by atoms with Crippen molar-refractivity contribution in [3.8, 4) is 0 Å². The van der Waals surface area contributed by atoms with E-state index >= 15 is 0 Å². The van der Waals surface area contributed by atoms with Crippen LogP contribution in [-0.2, 0) is 21.3 Å². The van der Waals surface area contributed by atoms with E-state index in [-0.39, 0.29) is 28.7 Å². The fraction of sp³-hybridized carbons (Fsp3) is 0.522. The number of hydrogen-bond acceptors (Lipinski definition) is 5. The molecule has 8 heteroatoms. The molecule has 0 spiro atoms. The van der Waals surface area contributed by atoms with Crippen molar-refractivity contribution in [3.63, 3.8) is 0 Å². The third-order valence-electron chi connectivity index (χ3n) is 5.71. The highest BCUT2D eigenvalue weighted by Gasteiger charge is 2.21. The summed E-state index contributed by atoms with van der Waals surface area (Å²) in [6, 6.07) is 9.38. The van der Waals surface area contributed by atoms with Gasteiger partial charge in [0, 0.05) is 24.7 Å². The lowest BCUT2D eigenvalue weighted by Gasteiger charge is -2.35. The van der Waals surface area contributed by atoms with Crippen LogP contribution in [-0.4, -0.2) is 44.9 Å². The number of carbonyl (C=O) groups is 1. The van der Waals surface area contributed by atoms with Gasteiger partial charge in [-0.2, -0.15) is 0 Å². The minimum absolute atomic E-state index is 0.0838. The highest BCUT2D eigenvalue weighted by molar-refractivity contribution is 7.89. The number of nitrogens with zero attached hydrogens (tertiary/aromatic N) is 1. The van der Waals surface area contributed by atoms with E-state index < -0.39 is 21.4 Å². The van der Waals surface area contributed by atoms with Crippen LogP contribution in [0.2, 0.25) is 0 Å². The van der Waals surface area contributed by atoms with E-state index in [9.17, 15) is 17.6 Å². The minimum atomic E-state index is -3.63. The summed E-state index contributed by atoms with van der Waals surface area (Å²) in [6.07, 6.45) is 5.78. The summed E-state index contributed by atoms with van der Waals surface area (Å²) >= 11 is 0. The van der Waals surface area contributed by atoms with Crippen LogP contribution in [0.25, 0.3) is 0 Å². The molecular weight excluding hydrogens is 419 g/mol. The number of rotatable bonds is 10. The van der Waals surface area contributed by atoms with Gasteiger partial charge in [0.25, 0.3) is 5.91 Å². The summed E-state index contributed by atoms with van der Waals surface area (Å²) in [7, 11) is -3.63. The van der Waals surface area contributed by atoms with Crippen LogP contribution >= 0.6 is 0 Å². The van der Waals surface area contributed by atoms with Crippen LogP contribution in [0, 0.1) is 5.82 Å². The van der Waals surface area contributed by atoms with Crippen molar-refractivity contribution in [1.29, 1.82) is 0 Å². The summed E-state index contributed by atoms with van der Waals surface area (Å²) in [5.74, 6) is -1.47. The Balaban J connectivity index is 1.46. The number of hydrogen-bond donors (Lipinski definition) is 1. The molecular formula is C23H31FN2O4S. The van der Waals surface area contributed by atoms with E-state index in [1.54, 1.807) is 6.07 Å². The largest absolute Gasteiger partial charge is 0.455 e. The summed E-state index contributed by atoms with van der Waals surface area (Å²) < 4.78 is 43.9. The minimum Gasteiger partial charge on any atom is -0.455 e. The predicted molar refractivity (Wildman–Crippen MR) is 118 cm³/mol. The van der Waals surface area contributed by atoms with Crippen molar-refractivity contribution in [2.45, 2.75) is 56.6 Å². The van der Waals surface area contributed by atoms with Crippen molar-refractivity contribution in [1.82, 2.24) is 10.2 Å². The molecule has 0 bridgehead atoms. The van der Waals surface area contributed by atoms with Gasteiger partial charge in [-0.15, -0.1) is 0 Å². The van der Waals surface area contributed by atoms with Crippen LogP contribution in [0.1, 0.15) is 60.9 Å². The first-order valence-electron chi connectivity index (χ1n) is 10.9. The molecule has 170 valence electrons. The molecule has 0 radical (unpaired) electrons. The van der Waals surface area contributed by atoms with Crippen molar-refractivity contribution in [2.75, 3.05) is 19.6 Å². The van der Waals surface area contributed by atoms with Gasteiger partial charge in [-0.25, -0.2) is 12.8 Å². The maximum Gasteiger partial charge on any atom is 0.286 e. The highest BCUT2D eigenvalue weighted by Crippen LogP contribution is 2.19. The Labute approximate surface area is 183 Å². The molecule has 1 saturated heterocycles. The van der Waals surface area contributed by atoms with Gasteiger partial charge in [-0.05, 0) is 50.4 Å². The van der Waals surface area contributed by atoms with Crippen LogP contribution in [0.5, 0.6) is 0 Å². The highest BCUT2D eigenvalue weighted by atomic mass is 32.2. The summed E-state index contributed by atoms with van der Waals surface area (Å²) in [5, 5.41) is 2.84. The van der Waals surface area contributed by atoms with Crippen molar-refractivity contribution in [2.24, 2.45) is 0 Å². The maximum atomic E-state index is 13.7. The molecule has 0 unspecified atom stereocenters. The Morgan fingerprint density at radius 3 is 2.77 bits per heavy atom. The van der Waals surface area contributed by atoms with Gasteiger partial charge in [-0.1, -0.05) is 31.5 Å². The van der Waals surface area contributed by atoms with Gasteiger partial charge in [0.15, 0.2) is 15.6 Å². The summed E-state index contributed by atoms with van der Waals surface area (Å²) in [6.45, 7) is 4.83. The molecule has 0 aliphatic carbocycles. The van der Waals surface area contributed by atoms with E-state index in [1.165, 1.54) is 49.6 Å². The molecule has 0 saturated carbocycles. The molecule has 1 amide bonds. The van der Waals surface area contributed by atoms with E-state index in [0.717, 1.165) is 25.9 Å². The number of furan rings is 1. The molecule has 2 aromatic rings. The number of piperidine rings is 1. The number of nitrogens with one attached hydrogen (secondary N) is 1. The van der Waals surface area contributed by atoms with Gasteiger partial charge >= 0.3 is 0 Å². The van der Waals surface area contributed by atoms with E-state index in [2.05, 4.69) is 17.1 Å². The molecule has 1 aliphatic rings. The Morgan fingerprint density at radius 1 is 1.19 bits per heavy atom. The zero-order valence-corrected chi connectivity index (χ0v) is 18.8. The SMILES string of the molecule is CC[C@@H]1CCCCN1CCCNC(=O)c1ccc(CS(=O)(=O)Cc2ccccc2F)o1. The summed E-state index contributed by atoms with van der Waals surface area (Å²) in [4.78, 5) is 14.8. The predicted octanol–water partition coefficient (Wildman–Crippen LogP) is 3.92. The number of likely N-dealkylation sites (tertiary alicyclic amines) is 1. The van der Waals surface area contributed by atoms with E-state index in [0.29, 0.717) is 12.6 Å².